The van der Waals surface area contributed by atoms with Crippen molar-refractivity contribution in [1.82, 2.24) is 4.98 Å². The highest BCUT2D eigenvalue weighted by Crippen LogP contribution is 2.28. The van der Waals surface area contributed by atoms with E-state index in [0.29, 0.717) is 17.9 Å². The normalized spacial score (nSPS) is 10.6. The number of rotatable bonds is 6. The van der Waals surface area contributed by atoms with E-state index in [4.69, 9.17) is 4.74 Å². The lowest BCUT2D eigenvalue weighted by Gasteiger charge is -2.07. The molecule has 0 fully saturated rings. The summed E-state index contributed by atoms with van der Waals surface area (Å²) in [4.78, 5) is 14.4. The maximum atomic E-state index is 10.9. The number of hydrogen-bond donors (Lipinski definition) is 0. The number of unbranched alkanes of at least 4 members (excludes halogenated alkanes) is 2. The average Bonchev–Trinajstić information content (AvgIpc) is 2.43. The molecule has 0 aliphatic carbocycles. The summed E-state index contributed by atoms with van der Waals surface area (Å²) < 4.78 is 5.67. The number of aromatic nitrogens is 1. The summed E-state index contributed by atoms with van der Waals surface area (Å²) >= 11 is 0. The summed E-state index contributed by atoms with van der Waals surface area (Å²) in [7, 11) is 0. The molecule has 0 aliphatic rings. The van der Waals surface area contributed by atoms with Gasteiger partial charge in [0.2, 0.25) is 0 Å². The lowest BCUT2D eigenvalue weighted by molar-refractivity contribution is -0.389. The van der Waals surface area contributed by atoms with Crippen molar-refractivity contribution in [3.8, 4) is 5.75 Å². The molecule has 0 saturated carbocycles. The predicted molar refractivity (Wildman–Crippen MR) is 73.4 cm³/mol. The van der Waals surface area contributed by atoms with Gasteiger partial charge in [0.25, 0.3) is 0 Å². The van der Waals surface area contributed by atoms with E-state index in [9.17, 15) is 10.1 Å². The summed E-state index contributed by atoms with van der Waals surface area (Å²) in [5, 5.41) is 11.7. The van der Waals surface area contributed by atoms with Crippen LogP contribution in [0, 0.1) is 10.1 Å². The lowest BCUT2D eigenvalue weighted by atomic mass is 10.2. The maximum Gasteiger partial charge on any atom is 0.367 e. The van der Waals surface area contributed by atoms with Crippen LogP contribution in [0.1, 0.15) is 26.2 Å². The minimum absolute atomic E-state index is 0.177. The van der Waals surface area contributed by atoms with E-state index in [0.717, 1.165) is 24.6 Å². The van der Waals surface area contributed by atoms with Crippen molar-refractivity contribution in [3.05, 3.63) is 40.4 Å². The lowest BCUT2D eigenvalue weighted by Crippen LogP contribution is -2.00. The second-order valence-corrected chi connectivity index (χ2v) is 4.31. The van der Waals surface area contributed by atoms with E-state index >= 15 is 0 Å². The largest absolute Gasteiger partial charge is 0.492 e. The third kappa shape index (κ3) is 3.19. The standard InChI is InChI=1S/C14H16N2O3/c1-2-3-6-9-19-13-10-14(16(17)18)15-12-8-5-4-7-11(12)13/h4-5,7-8,10H,2-3,6,9H2,1H3. The monoisotopic (exact) mass is 260 g/mol. The molecule has 0 radical (unpaired) electrons. The summed E-state index contributed by atoms with van der Waals surface area (Å²) in [5.74, 6) is 0.359. The number of hydrogen-bond acceptors (Lipinski definition) is 4. The minimum atomic E-state index is -0.495. The Morgan fingerprint density at radius 3 is 2.84 bits per heavy atom. The fourth-order valence-corrected chi connectivity index (χ4v) is 1.88. The molecule has 0 atom stereocenters. The molecule has 1 aromatic carbocycles. The van der Waals surface area contributed by atoms with Crippen molar-refractivity contribution in [1.29, 1.82) is 0 Å². The Morgan fingerprint density at radius 2 is 2.11 bits per heavy atom. The summed E-state index contributed by atoms with van der Waals surface area (Å²) in [6.07, 6.45) is 3.15. The van der Waals surface area contributed by atoms with Crippen LogP contribution >= 0.6 is 0 Å². The number of pyridine rings is 1. The van der Waals surface area contributed by atoms with E-state index in [-0.39, 0.29) is 5.82 Å². The van der Waals surface area contributed by atoms with Gasteiger partial charge in [-0.05, 0) is 28.5 Å². The minimum Gasteiger partial charge on any atom is -0.492 e. The molecule has 0 bridgehead atoms. The number of fused-ring (bicyclic) bond motifs is 1. The second-order valence-electron chi connectivity index (χ2n) is 4.31. The quantitative estimate of drug-likeness (QED) is 0.451. The Hall–Kier alpha value is -2.17. The first-order chi connectivity index (χ1) is 9.22. The van der Waals surface area contributed by atoms with Crippen LogP contribution in [0.15, 0.2) is 30.3 Å². The molecule has 2 rings (SSSR count). The van der Waals surface area contributed by atoms with Crippen LogP contribution in [-0.2, 0) is 0 Å². The van der Waals surface area contributed by atoms with Crippen LogP contribution in [0.2, 0.25) is 0 Å². The molecule has 1 heterocycles. The first kappa shape index (κ1) is 13.3. The molecule has 1 aromatic heterocycles. The van der Waals surface area contributed by atoms with Gasteiger partial charge in [-0.25, -0.2) is 0 Å². The molecule has 5 nitrogen and oxygen atoms in total. The summed E-state index contributed by atoms with van der Waals surface area (Å²) in [6.45, 7) is 2.69. The van der Waals surface area contributed by atoms with Crippen molar-refractivity contribution in [2.24, 2.45) is 0 Å². The summed E-state index contributed by atoms with van der Waals surface area (Å²) in [5.41, 5.74) is 0.585. The Bertz CT molecular complexity index is 584. The Labute approximate surface area is 111 Å². The zero-order valence-corrected chi connectivity index (χ0v) is 10.8. The van der Waals surface area contributed by atoms with E-state index in [2.05, 4.69) is 11.9 Å². The van der Waals surface area contributed by atoms with Crippen molar-refractivity contribution in [2.45, 2.75) is 26.2 Å². The van der Waals surface area contributed by atoms with Gasteiger partial charge in [-0.2, -0.15) is 0 Å². The van der Waals surface area contributed by atoms with Gasteiger partial charge in [0, 0.05) is 0 Å². The highest BCUT2D eigenvalue weighted by atomic mass is 16.6. The zero-order valence-electron chi connectivity index (χ0n) is 10.8. The van der Waals surface area contributed by atoms with Crippen molar-refractivity contribution >= 4 is 16.7 Å². The highest BCUT2D eigenvalue weighted by Gasteiger charge is 2.15. The van der Waals surface area contributed by atoms with Crippen LogP contribution in [0.25, 0.3) is 10.9 Å². The van der Waals surface area contributed by atoms with Crippen LogP contribution in [0.5, 0.6) is 5.75 Å². The Morgan fingerprint density at radius 1 is 1.32 bits per heavy atom. The smallest absolute Gasteiger partial charge is 0.367 e. The molecule has 19 heavy (non-hydrogen) atoms. The fraction of sp³-hybridized carbons (Fsp3) is 0.357. The molecular formula is C14H16N2O3. The molecule has 100 valence electrons. The van der Waals surface area contributed by atoms with Gasteiger partial charge in [0.1, 0.15) is 5.75 Å². The number of nitrogens with zero attached hydrogens (tertiary/aromatic N) is 2. The Balaban J connectivity index is 2.31. The van der Waals surface area contributed by atoms with Crippen LogP contribution in [0.4, 0.5) is 5.82 Å². The van der Waals surface area contributed by atoms with Gasteiger partial charge in [0.15, 0.2) is 5.52 Å². The molecule has 0 N–H and O–H groups in total. The molecule has 5 heteroatoms. The van der Waals surface area contributed by atoms with Crippen LogP contribution in [0.3, 0.4) is 0 Å². The van der Waals surface area contributed by atoms with Crippen LogP contribution in [-0.4, -0.2) is 16.5 Å². The fourth-order valence-electron chi connectivity index (χ4n) is 1.88. The average molecular weight is 260 g/mol. The van der Waals surface area contributed by atoms with Gasteiger partial charge < -0.3 is 14.9 Å². The topological polar surface area (TPSA) is 65.3 Å². The third-order valence-electron chi connectivity index (χ3n) is 2.86. The van der Waals surface area contributed by atoms with Gasteiger partial charge in [0.05, 0.1) is 18.1 Å². The van der Waals surface area contributed by atoms with E-state index < -0.39 is 4.92 Å². The summed E-state index contributed by atoms with van der Waals surface area (Å²) in [6, 6.07) is 8.69. The SMILES string of the molecule is CCCCCOc1cc([N+](=O)[O-])nc2ccccc12. The first-order valence-electron chi connectivity index (χ1n) is 6.39. The molecule has 2 aromatic rings. The predicted octanol–water partition coefficient (Wildman–Crippen LogP) is 3.71. The number of nitro groups is 1. The molecular weight excluding hydrogens is 244 g/mol. The maximum absolute atomic E-state index is 10.9. The Kier molecular flexibility index (Phi) is 4.28. The number of benzene rings is 1. The molecule has 0 saturated heterocycles. The van der Waals surface area contributed by atoms with E-state index in [1.807, 2.05) is 12.1 Å². The van der Waals surface area contributed by atoms with E-state index in [1.54, 1.807) is 12.1 Å². The van der Waals surface area contributed by atoms with Crippen molar-refractivity contribution < 1.29 is 9.66 Å². The van der Waals surface area contributed by atoms with Gasteiger partial charge >= 0.3 is 5.82 Å². The van der Waals surface area contributed by atoms with E-state index in [1.165, 1.54) is 6.07 Å². The van der Waals surface area contributed by atoms with Gasteiger partial charge in [-0.1, -0.05) is 31.9 Å². The van der Waals surface area contributed by atoms with Crippen molar-refractivity contribution in [3.63, 3.8) is 0 Å². The zero-order chi connectivity index (χ0) is 13.7. The second kappa shape index (κ2) is 6.13. The molecule has 0 spiro atoms. The highest BCUT2D eigenvalue weighted by molar-refractivity contribution is 5.86. The third-order valence-corrected chi connectivity index (χ3v) is 2.86. The number of para-hydroxylation sites is 1. The first-order valence-corrected chi connectivity index (χ1v) is 6.39. The van der Waals surface area contributed by atoms with Gasteiger partial charge in [-0.3, -0.25) is 0 Å². The molecule has 0 aliphatic heterocycles. The number of ether oxygens (including phenoxy) is 1. The molecule has 0 unspecified atom stereocenters. The molecule has 0 amide bonds. The van der Waals surface area contributed by atoms with Crippen LogP contribution < -0.4 is 4.74 Å². The van der Waals surface area contributed by atoms with Gasteiger partial charge in [-0.15, -0.1) is 0 Å². The van der Waals surface area contributed by atoms with Crippen molar-refractivity contribution in [2.75, 3.05) is 6.61 Å².